The van der Waals surface area contributed by atoms with E-state index in [0.717, 1.165) is 18.7 Å². The van der Waals surface area contributed by atoms with Crippen molar-refractivity contribution in [3.05, 3.63) is 29.6 Å². The molecule has 0 saturated heterocycles. The molecule has 2 nitrogen and oxygen atoms in total. The summed E-state index contributed by atoms with van der Waals surface area (Å²) in [7, 11) is 1.96. The highest BCUT2D eigenvalue weighted by Crippen LogP contribution is 2.18. The van der Waals surface area contributed by atoms with E-state index in [4.69, 9.17) is 18.0 Å². The standard InChI is InChI=1S/C13H19FN2S/c1-9(2)6-7-16(3)10-4-5-11(13(15)17)12(14)8-10/h4-5,8-9H,6-7H2,1-3H3,(H2,15,17). The van der Waals surface area contributed by atoms with E-state index in [2.05, 4.69) is 13.8 Å². The molecule has 4 heteroatoms. The molecular weight excluding hydrogens is 235 g/mol. The predicted octanol–water partition coefficient (Wildman–Crippen LogP) is 2.94. The fraction of sp³-hybridized carbons (Fsp3) is 0.462. The van der Waals surface area contributed by atoms with Crippen LogP contribution in [0.15, 0.2) is 18.2 Å². The smallest absolute Gasteiger partial charge is 0.135 e. The van der Waals surface area contributed by atoms with Gasteiger partial charge in [-0.3, -0.25) is 0 Å². The fourth-order valence-electron chi connectivity index (χ4n) is 1.52. The Morgan fingerprint density at radius 1 is 1.47 bits per heavy atom. The number of anilines is 1. The molecule has 0 heterocycles. The van der Waals surface area contributed by atoms with E-state index in [1.807, 2.05) is 18.0 Å². The number of thiocarbonyl (C=S) groups is 1. The van der Waals surface area contributed by atoms with Gasteiger partial charge < -0.3 is 10.6 Å². The molecule has 0 fully saturated rings. The maximum absolute atomic E-state index is 13.7. The lowest BCUT2D eigenvalue weighted by Crippen LogP contribution is -2.20. The van der Waals surface area contributed by atoms with Gasteiger partial charge in [0.15, 0.2) is 0 Å². The third-order valence-electron chi connectivity index (χ3n) is 2.70. The van der Waals surface area contributed by atoms with Crippen molar-refractivity contribution in [3.8, 4) is 0 Å². The first-order valence-electron chi connectivity index (χ1n) is 5.72. The molecule has 0 unspecified atom stereocenters. The van der Waals surface area contributed by atoms with E-state index in [-0.39, 0.29) is 10.8 Å². The SMILES string of the molecule is CC(C)CCN(C)c1ccc(C(N)=S)c(F)c1. The average molecular weight is 254 g/mol. The van der Waals surface area contributed by atoms with Crippen molar-refractivity contribution in [2.75, 3.05) is 18.5 Å². The molecule has 1 aromatic carbocycles. The normalized spacial score (nSPS) is 10.6. The van der Waals surface area contributed by atoms with E-state index in [0.29, 0.717) is 11.5 Å². The van der Waals surface area contributed by atoms with Crippen molar-refractivity contribution in [2.45, 2.75) is 20.3 Å². The number of hydrogen-bond donors (Lipinski definition) is 1. The Hall–Kier alpha value is -1.16. The van der Waals surface area contributed by atoms with E-state index in [1.54, 1.807) is 6.07 Å². The van der Waals surface area contributed by atoms with Crippen LogP contribution in [0.2, 0.25) is 0 Å². The van der Waals surface area contributed by atoms with Crippen LogP contribution in [0.5, 0.6) is 0 Å². The zero-order chi connectivity index (χ0) is 13.0. The molecule has 0 atom stereocenters. The third kappa shape index (κ3) is 3.97. The first-order valence-corrected chi connectivity index (χ1v) is 6.13. The van der Waals surface area contributed by atoms with Crippen molar-refractivity contribution in [3.63, 3.8) is 0 Å². The van der Waals surface area contributed by atoms with Crippen LogP contribution in [0.4, 0.5) is 10.1 Å². The Balaban J connectivity index is 2.79. The molecule has 0 aromatic heterocycles. The first-order chi connectivity index (χ1) is 7.91. The zero-order valence-electron chi connectivity index (χ0n) is 10.5. The second kappa shape index (κ2) is 5.96. The summed E-state index contributed by atoms with van der Waals surface area (Å²) in [5, 5.41) is 0. The number of nitrogens with zero attached hydrogens (tertiary/aromatic N) is 1. The molecule has 17 heavy (non-hydrogen) atoms. The molecule has 0 saturated carbocycles. The van der Waals surface area contributed by atoms with Gasteiger partial charge in [0.1, 0.15) is 10.8 Å². The highest BCUT2D eigenvalue weighted by Gasteiger charge is 2.08. The molecule has 0 aliphatic rings. The van der Waals surface area contributed by atoms with Crippen molar-refractivity contribution in [2.24, 2.45) is 11.7 Å². The molecule has 94 valence electrons. The van der Waals surface area contributed by atoms with Gasteiger partial charge in [0.2, 0.25) is 0 Å². The van der Waals surface area contributed by atoms with Gasteiger partial charge in [-0.2, -0.15) is 0 Å². The molecule has 0 aliphatic carbocycles. The number of rotatable bonds is 5. The largest absolute Gasteiger partial charge is 0.389 e. The minimum absolute atomic E-state index is 0.0962. The van der Waals surface area contributed by atoms with Gasteiger partial charge in [0.05, 0.1) is 0 Å². The van der Waals surface area contributed by atoms with Gasteiger partial charge in [-0.25, -0.2) is 4.39 Å². The molecule has 1 rings (SSSR count). The Labute approximate surface area is 108 Å². The lowest BCUT2D eigenvalue weighted by Gasteiger charge is -2.20. The maximum Gasteiger partial charge on any atom is 0.135 e. The van der Waals surface area contributed by atoms with E-state index < -0.39 is 0 Å². The van der Waals surface area contributed by atoms with E-state index in [1.165, 1.54) is 6.07 Å². The number of nitrogens with two attached hydrogens (primary N) is 1. The van der Waals surface area contributed by atoms with Crippen LogP contribution in [0.25, 0.3) is 0 Å². The quantitative estimate of drug-likeness (QED) is 0.819. The highest BCUT2D eigenvalue weighted by molar-refractivity contribution is 7.80. The number of benzene rings is 1. The summed E-state index contributed by atoms with van der Waals surface area (Å²) in [4.78, 5) is 2.13. The molecule has 0 spiro atoms. The van der Waals surface area contributed by atoms with Crippen molar-refractivity contribution >= 4 is 22.9 Å². The summed E-state index contributed by atoms with van der Waals surface area (Å²) in [5.74, 6) is 0.282. The lowest BCUT2D eigenvalue weighted by atomic mass is 10.1. The van der Waals surface area contributed by atoms with Gasteiger partial charge in [-0.1, -0.05) is 26.1 Å². The van der Waals surface area contributed by atoms with Crippen molar-refractivity contribution in [1.82, 2.24) is 0 Å². The van der Waals surface area contributed by atoms with Crippen LogP contribution < -0.4 is 10.6 Å². The number of halogens is 1. The van der Waals surface area contributed by atoms with Crippen LogP contribution >= 0.6 is 12.2 Å². The molecule has 0 amide bonds. The van der Waals surface area contributed by atoms with E-state index >= 15 is 0 Å². The molecular formula is C13H19FN2S. The Morgan fingerprint density at radius 2 is 2.12 bits per heavy atom. The monoisotopic (exact) mass is 254 g/mol. The molecule has 2 N–H and O–H groups in total. The van der Waals surface area contributed by atoms with Gasteiger partial charge in [-0.15, -0.1) is 0 Å². The molecule has 1 aromatic rings. The average Bonchev–Trinajstić information content (AvgIpc) is 2.25. The lowest BCUT2D eigenvalue weighted by molar-refractivity contribution is 0.583. The van der Waals surface area contributed by atoms with Crippen LogP contribution in [-0.2, 0) is 0 Å². The first kappa shape index (κ1) is 13.9. The Bertz CT molecular complexity index is 404. The minimum atomic E-state index is -0.355. The van der Waals surface area contributed by atoms with Crippen molar-refractivity contribution < 1.29 is 4.39 Å². The summed E-state index contributed by atoms with van der Waals surface area (Å²) in [6.07, 6.45) is 1.08. The van der Waals surface area contributed by atoms with E-state index in [9.17, 15) is 4.39 Å². The van der Waals surface area contributed by atoms with Gasteiger partial charge in [0.25, 0.3) is 0 Å². The summed E-state index contributed by atoms with van der Waals surface area (Å²) in [5.41, 5.74) is 6.57. The molecule has 0 bridgehead atoms. The summed E-state index contributed by atoms with van der Waals surface area (Å²) in [6, 6.07) is 4.96. The topological polar surface area (TPSA) is 29.3 Å². The third-order valence-corrected chi connectivity index (χ3v) is 2.92. The van der Waals surface area contributed by atoms with Crippen LogP contribution in [0.1, 0.15) is 25.8 Å². The maximum atomic E-state index is 13.7. The van der Waals surface area contributed by atoms with Crippen LogP contribution in [0, 0.1) is 11.7 Å². The zero-order valence-corrected chi connectivity index (χ0v) is 11.4. The number of hydrogen-bond acceptors (Lipinski definition) is 2. The predicted molar refractivity (Wildman–Crippen MR) is 75.0 cm³/mol. The molecule has 0 aliphatic heterocycles. The molecule has 0 radical (unpaired) electrons. The van der Waals surface area contributed by atoms with Gasteiger partial charge in [-0.05, 0) is 30.5 Å². The van der Waals surface area contributed by atoms with Gasteiger partial charge in [0, 0.05) is 24.8 Å². The second-order valence-corrected chi connectivity index (χ2v) is 5.07. The Kier molecular flexibility index (Phi) is 4.87. The fourth-order valence-corrected chi connectivity index (χ4v) is 1.69. The summed E-state index contributed by atoms with van der Waals surface area (Å²) in [6.45, 7) is 5.25. The Morgan fingerprint density at radius 3 is 2.59 bits per heavy atom. The summed E-state index contributed by atoms with van der Waals surface area (Å²) >= 11 is 4.77. The van der Waals surface area contributed by atoms with Gasteiger partial charge >= 0.3 is 0 Å². The minimum Gasteiger partial charge on any atom is -0.389 e. The highest BCUT2D eigenvalue weighted by atomic mass is 32.1. The summed E-state index contributed by atoms with van der Waals surface area (Å²) < 4.78 is 13.7. The van der Waals surface area contributed by atoms with Crippen LogP contribution in [-0.4, -0.2) is 18.6 Å². The van der Waals surface area contributed by atoms with Crippen molar-refractivity contribution in [1.29, 1.82) is 0 Å². The van der Waals surface area contributed by atoms with Crippen LogP contribution in [0.3, 0.4) is 0 Å². The second-order valence-electron chi connectivity index (χ2n) is 4.63.